The maximum atomic E-state index is 2.35. The molecule has 0 saturated carbocycles. The van der Waals surface area contributed by atoms with Gasteiger partial charge in [0, 0.05) is 5.41 Å². The predicted octanol–water partition coefficient (Wildman–Crippen LogP) is 3.07. The molecule has 0 aliphatic heterocycles. The van der Waals surface area contributed by atoms with Crippen molar-refractivity contribution in [1.29, 1.82) is 0 Å². The van der Waals surface area contributed by atoms with Crippen LogP contribution in [-0.2, 0) is 5.41 Å². The van der Waals surface area contributed by atoms with E-state index < -0.39 is 0 Å². The molecule has 0 aromatic heterocycles. The average molecular weight is 186 g/mol. The Kier molecular flexibility index (Phi) is 1.92. The fraction of sp³-hybridized carbons (Fsp3) is 0.333. The second kappa shape index (κ2) is 2.84. The monoisotopic (exact) mass is 186 g/mol. The van der Waals surface area contributed by atoms with Gasteiger partial charge >= 0.3 is 0 Å². The molecule has 1 aliphatic rings. The third-order valence-electron chi connectivity index (χ3n) is 2.88. The first-order chi connectivity index (χ1) is 6.16. The highest BCUT2D eigenvalue weighted by Crippen LogP contribution is 2.40. The molecule has 1 aromatic carbocycles. The summed E-state index contributed by atoms with van der Waals surface area (Å²) in [7, 11) is 0.920. The highest BCUT2D eigenvalue weighted by Gasteiger charge is 2.30. The predicted molar refractivity (Wildman–Crippen MR) is 59.1 cm³/mol. The molecule has 0 heterocycles. The Morgan fingerprint density at radius 3 is 2.46 bits per heavy atom. The van der Waals surface area contributed by atoms with Crippen molar-refractivity contribution in [2.45, 2.75) is 25.8 Å². The summed E-state index contributed by atoms with van der Waals surface area (Å²) in [4.78, 5) is 0. The van der Waals surface area contributed by atoms with Crippen molar-refractivity contribution in [3.8, 4) is 0 Å². The minimum absolute atomic E-state index is 0.268. The molecule has 0 fully saturated rings. The van der Waals surface area contributed by atoms with Gasteiger partial charge in [-0.1, -0.05) is 55.9 Å². The Hall–Kier alpha value is -0.823. The molecule has 13 heavy (non-hydrogen) atoms. The first-order valence-corrected chi connectivity index (χ1v) is 6.15. The summed E-state index contributed by atoms with van der Waals surface area (Å²) in [6.45, 7) is 6.90. The minimum atomic E-state index is 0.268. The molecule has 1 heteroatoms. The van der Waals surface area contributed by atoms with Crippen molar-refractivity contribution in [3.05, 3.63) is 40.6 Å². The number of hydrogen-bond donors (Lipinski definition) is 0. The zero-order chi connectivity index (χ0) is 9.47. The van der Waals surface area contributed by atoms with Crippen LogP contribution in [0.1, 0.15) is 25.0 Å². The van der Waals surface area contributed by atoms with E-state index in [0.717, 1.165) is 9.52 Å². The maximum absolute atomic E-state index is 2.35. The van der Waals surface area contributed by atoms with E-state index in [4.69, 9.17) is 0 Å². The molecule has 0 saturated heterocycles. The minimum Gasteiger partial charge on any atom is -0.0752 e. The lowest BCUT2D eigenvalue weighted by Crippen LogP contribution is -2.19. The average Bonchev–Trinajstić information content (AvgIpc) is 2.39. The molecule has 1 aliphatic carbocycles. The first kappa shape index (κ1) is 8.76. The van der Waals surface area contributed by atoms with Crippen molar-refractivity contribution >= 4 is 15.6 Å². The van der Waals surface area contributed by atoms with Crippen LogP contribution < -0.4 is 0 Å². The number of hydrogen-bond acceptors (Lipinski definition) is 0. The number of benzene rings is 1. The fourth-order valence-electron chi connectivity index (χ4n) is 2.06. The lowest BCUT2D eigenvalue weighted by Gasteiger charge is -2.23. The van der Waals surface area contributed by atoms with Crippen molar-refractivity contribution in [1.82, 2.24) is 0 Å². The smallest absolute Gasteiger partial charge is 0.0727 e. The Morgan fingerprint density at radius 2 is 1.85 bits per heavy atom. The van der Waals surface area contributed by atoms with E-state index in [1.807, 2.05) is 0 Å². The number of allylic oxidation sites excluding steroid dienone is 1. The summed E-state index contributed by atoms with van der Waals surface area (Å²) in [5, 5.41) is 1.58. The van der Waals surface area contributed by atoms with E-state index in [1.54, 1.807) is 5.20 Å². The van der Waals surface area contributed by atoms with Gasteiger partial charge in [0.25, 0.3) is 0 Å². The standard InChI is InChI=1S/C12H14Si/c1-12(2)10-7-5-4-6-9(10)8-11(12)13-3/h4-8H,1-3H3. The van der Waals surface area contributed by atoms with Crippen LogP contribution in [0.25, 0.3) is 6.08 Å². The fourth-order valence-corrected chi connectivity index (χ4v) is 3.12. The number of fused-ring (bicyclic) bond motifs is 1. The molecule has 0 bridgehead atoms. The van der Waals surface area contributed by atoms with Gasteiger partial charge in [-0.2, -0.15) is 0 Å². The van der Waals surface area contributed by atoms with Crippen LogP contribution in [0.5, 0.6) is 0 Å². The van der Waals surface area contributed by atoms with Gasteiger partial charge in [0.15, 0.2) is 0 Å². The summed E-state index contributed by atoms with van der Waals surface area (Å²) in [5.74, 6) is 0. The van der Waals surface area contributed by atoms with E-state index in [2.05, 4.69) is 50.7 Å². The molecule has 2 radical (unpaired) electrons. The second-order valence-corrected chi connectivity index (χ2v) is 5.06. The lowest BCUT2D eigenvalue weighted by molar-refractivity contribution is 0.668. The SMILES string of the molecule is C[Si]C1=Cc2ccccc2C1(C)C. The highest BCUT2D eigenvalue weighted by molar-refractivity contribution is 6.46. The quantitative estimate of drug-likeness (QED) is 0.591. The van der Waals surface area contributed by atoms with Crippen LogP contribution in [0.15, 0.2) is 29.5 Å². The van der Waals surface area contributed by atoms with Gasteiger partial charge in [-0.3, -0.25) is 0 Å². The summed E-state index contributed by atoms with van der Waals surface area (Å²) in [6.07, 6.45) is 2.35. The van der Waals surface area contributed by atoms with Crippen LogP contribution >= 0.6 is 0 Å². The molecule has 0 spiro atoms. The third-order valence-corrected chi connectivity index (χ3v) is 4.18. The van der Waals surface area contributed by atoms with Gasteiger partial charge in [0.05, 0.1) is 9.52 Å². The molecule has 0 atom stereocenters. The van der Waals surface area contributed by atoms with Crippen molar-refractivity contribution in [2.75, 3.05) is 0 Å². The largest absolute Gasteiger partial charge is 0.0752 e. The molecule has 2 rings (SSSR count). The Balaban J connectivity index is 2.58. The van der Waals surface area contributed by atoms with Crippen molar-refractivity contribution in [3.63, 3.8) is 0 Å². The summed E-state index contributed by atoms with van der Waals surface area (Å²) >= 11 is 0. The third kappa shape index (κ3) is 1.19. The first-order valence-electron chi connectivity index (χ1n) is 4.65. The maximum Gasteiger partial charge on any atom is 0.0727 e. The molecule has 0 amide bonds. The zero-order valence-electron chi connectivity index (χ0n) is 8.39. The Bertz CT molecular complexity index is 361. The molecule has 1 aromatic rings. The van der Waals surface area contributed by atoms with Crippen LogP contribution in [0, 0.1) is 0 Å². The molecule has 0 unspecified atom stereocenters. The van der Waals surface area contributed by atoms with Crippen molar-refractivity contribution < 1.29 is 0 Å². The topological polar surface area (TPSA) is 0 Å². The summed E-state index contributed by atoms with van der Waals surface area (Å²) < 4.78 is 0. The van der Waals surface area contributed by atoms with Gasteiger partial charge in [0.2, 0.25) is 0 Å². The van der Waals surface area contributed by atoms with E-state index in [1.165, 1.54) is 11.1 Å². The molecule has 66 valence electrons. The summed E-state index contributed by atoms with van der Waals surface area (Å²) in [6, 6.07) is 8.71. The Morgan fingerprint density at radius 1 is 1.15 bits per heavy atom. The van der Waals surface area contributed by atoms with E-state index >= 15 is 0 Å². The van der Waals surface area contributed by atoms with E-state index in [-0.39, 0.29) is 5.41 Å². The van der Waals surface area contributed by atoms with Crippen LogP contribution in [0.4, 0.5) is 0 Å². The second-order valence-electron chi connectivity index (χ2n) is 4.02. The van der Waals surface area contributed by atoms with Gasteiger partial charge in [0.1, 0.15) is 0 Å². The van der Waals surface area contributed by atoms with Crippen LogP contribution in [0.2, 0.25) is 6.55 Å². The lowest BCUT2D eigenvalue weighted by atomic mass is 9.87. The molecular weight excluding hydrogens is 172 g/mol. The highest BCUT2D eigenvalue weighted by atomic mass is 28.2. The normalized spacial score (nSPS) is 18.2. The summed E-state index contributed by atoms with van der Waals surface area (Å²) in [5.41, 5.74) is 3.17. The van der Waals surface area contributed by atoms with Gasteiger partial charge in [-0.05, 0) is 11.1 Å². The van der Waals surface area contributed by atoms with Crippen LogP contribution in [0.3, 0.4) is 0 Å². The molecular formula is C12H14Si. The van der Waals surface area contributed by atoms with Gasteiger partial charge in [-0.15, -0.1) is 0 Å². The van der Waals surface area contributed by atoms with Crippen LogP contribution in [-0.4, -0.2) is 9.52 Å². The molecule has 0 N–H and O–H groups in total. The molecule has 0 nitrogen and oxygen atoms in total. The number of rotatable bonds is 1. The Labute approximate surface area is 82.5 Å². The van der Waals surface area contributed by atoms with E-state index in [9.17, 15) is 0 Å². The van der Waals surface area contributed by atoms with Gasteiger partial charge in [-0.25, -0.2) is 0 Å². The van der Waals surface area contributed by atoms with E-state index in [0.29, 0.717) is 0 Å². The zero-order valence-corrected chi connectivity index (χ0v) is 9.39. The van der Waals surface area contributed by atoms with Crippen molar-refractivity contribution in [2.24, 2.45) is 0 Å². The van der Waals surface area contributed by atoms with Gasteiger partial charge < -0.3 is 0 Å².